The van der Waals surface area contributed by atoms with Crippen LogP contribution >= 0.6 is 0 Å². The van der Waals surface area contributed by atoms with E-state index in [0.29, 0.717) is 6.04 Å². The van der Waals surface area contributed by atoms with E-state index in [-0.39, 0.29) is 0 Å². The molecule has 2 heterocycles. The first-order valence-corrected chi connectivity index (χ1v) is 7.69. The third-order valence-corrected chi connectivity index (χ3v) is 4.39. The molecule has 0 bridgehead atoms. The second-order valence-corrected chi connectivity index (χ2v) is 6.08. The predicted octanol–water partition coefficient (Wildman–Crippen LogP) is 3.14. The van der Waals surface area contributed by atoms with Crippen molar-refractivity contribution in [3.05, 3.63) is 47.5 Å². The molecule has 1 aliphatic carbocycles. The quantitative estimate of drug-likeness (QED) is 0.803. The molecule has 0 unspecified atom stereocenters. The van der Waals surface area contributed by atoms with Crippen LogP contribution in [0.2, 0.25) is 0 Å². The Morgan fingerprint density at radius 1 is 1.14 bits per heavy atom. The van der Waals surface area contributed by atoms with Gasteiger partial charge in [-0.2, -0.15) is 0 Å². The number of hydrogen-bond acceptors (Lipinski definition) is 4. The Kier molecular flexibility index (Phi) is 3.06. The molecule has 112 valence electrons. The molecule has 3 aromatic rings. The van der Waals surface area contributed by atoms with E-state index >= 15 is 0 Å². The number of nitrogens with one attached hydrogen (secondary N) is 1. The van der Waals surface area contributed by atoms with Crippen molar-refractivity contribution >= 4 is 17.0 Å². The van der Waals surface area contributed by atoms with Gasteiger partial charge < -0.3 is 9.88 Å². The zero-order chi connectivity index (χ0) is 15.1. The minimum atomic E-state index is 0.572. The van der Waals surface area contributed by atoms with E-state index in [0.717, 1.165) is 23.5 Å². The van der Waals surface area contributed by atoms with E-state index in [1.807, 2.05) is 0 Å². The standard InChI is InChI=1S/C17H19N5/c1-11-3-4-13(7-12(11)2)8-22(14-5-6-14)17-15-16(19-9-18-15)20-10-21-17/h3-4,7,9-10,14H,5-6,8H2,1-2H3,(H,18,19,20,21). The highest BCUT2D eigenvalue weighted by Gasteiger charge is 2.31. The van der Waals surface area contributed by atoms with Crippen molar-refractivity contribution in [2.45, 2.75) is 39.3 Å². The number of anilines is 1. The first-order chi connectivity index (χ1) is 10.7. The summed E-state index contributed by atoms with van der Waals surface area (Å²) in [4.78, 5) is 18.5. The second kappa shape index (κ2) is 5.09. The summed E-state index contributed by atoms with van der Waals surface area (Å²) in [6, 6.07) is 7.25. The molecule has 1 aromatic carbocycles. The van der Waals surface area contributed by atoms with Crippen molar-refractivity contribution in [1.82, 2.24) is 19.9 Å². The molecular formula is C17H19N5. The van der Waals surface area contributed by atoms with E-state index in [9.17, 15) is 0 Å². The number of fused-ring (bicyclic) bond motifs is 1. The van der Waals surface area contributed by atoms with E-state index in [1.54, 1.807) is 12.7 Å². The molecule has 0 aliphatic heterocycles. The fourth-order valence-electron chi connectivity index (χ4n) is 2.83. The van der Waals surface area contributed by atoms with Gasteiger partial charge in [-0.1, -0.05) is 18.2 Å². The first-order valence-electron chi connectivity index (χ1n) is 7.69. The normalized spacial score (nSPS) is 14.5. The molecule has 0 saturated heterocycles. The number of benzene rings is 1. The van der Waals surface area contributed by atoms with Crippen LogP contribution in [0.3, 0.4) is 0 Å². The maximum Gasteiger partial charge on any atom is 0.182 e. The maximum atomic E-state index is 4.52. The van der Waals surface area contributed by atoms with Crippen molar-refractivity contribution in [1.29, 1.82) is 0 Å². The van der Waals surface area contributed by atoms with Gasteiger partial charge in [0.25, 0.3) is 0 Å². The smallest absolute Gasteiger partial charge is 0.182 e. The van der Waals surface area contributed by atoms with E-state index < -0.39 is 0 Å². The Hall–Kier alpha value is -2.43. The average Bonchev–Trinajstić information content (AvgIpc) is 3.24. The SMILES string of the molecule is Cc1ccc(CN(c2ncnc3nc[nH]c23)C2CC2)cc1C. The zero-order valence-electron chi connectivity index (χ0n) is 12.9. The van der Waals surface area contributed by atoms with Crippen LogP contribution in [0.1, 0.15) is 29.5 Å². The predicted molar refractivity (Wildman–Crippen MR) is 86.8 cm³/mol. The van der Waals surface area contributed by atoms with Crippen LogP contribution in [-0.2, 0) is 6.54 Å². The monoisotopic (exact) mass is 293 g/mol. The lowest BCUT2D eigenvalue weighted by molar-refractivity contribution is 0.779. The summed E-state index contributed by atoms with van der Waals surface area (Å²) < 4.78 is 0. The summed E-state index contributed by atoms with van der Waals surface area (Å²) in [6.45, 7) is 5.19. The molecule has 0 amide bonds. The molecule has 0 radical (unpaired) electrons. The van der Waals surface area contributed by atoms with Crippen LogP contribution in [0.25, 0.3) is 11.2 Å². The lowest BCUT2D eigenvalue weighted by atomic mass is 10.1. The number of nitrogens with zero attached hydrogens (tertiary/aromatic N) is 4. The maximum absolute atomic E-state index is 4.52. The Morgan fingerprint density at radius 2 is 2.00 bits per heavy atom. The average molecular weight is 293 g/mol. The highest BCUT2D eigenvalue weighted by Crippen LogP contribution is 2.34. The van der Waals surface area contributed by atoms with Crippen molar-refractivity contribution in [2.24, 2.45) is 0 Å². The van der Waals surface area contributed by atoms with Crippen molar-refractivity contribution in [3.63, 3.8) is 0 Å². The molecule has 5 nitrogen and oxygen atoms in total. The molecule has 1 N–H and O–H groups in total. The van der Waals surface area contributed by atoms with Gasteiger partial charge in [-0.3, -0.25) is 0 Å². The zero-order valence-corrected chi connectivity index (χ0v) is 12.9. The van der Waals surface area contributed by atoms with Crippen molar-refractivity contribution < 1.29 is 0 Å². The summed E-state index contributed by atoms with van der Waals surface area (Å²) in [5.74, 6) is 0.961. The minimum Gasteiger partial charge on any atom is -0.347 e. The summed E-state index contributed by atoms with van der Waals surface area (Å²) in [7, 11) is 0. The van der Waals surface area contributed by atoms with Crippen LogP contribution in [0, 0.1) is 13.8 Å². The van der Waals surface area contributed by atoms with Gasteiger partial charge >= 0.3 is 0 Å². The van der Waals surface area contributed by atoms with Crippen LogP contribution in [0.15, 0.2) is 30.9 Å². The number of aromatic amines is 1. The van der Waals surface area contributed by atoms with Crippen LogP contribution in [0.4, 0.5) is 5.82 Å². The lowest BCUT2D eigenvalue weighted by Gasteiger charge is -2.24. The fraction of sp³-hybridized carbons (Fsp3) is 0.353. The second-order valence-electron chi connectivity index (χ2n) is 6.08. The summed E-state index contributed by atoms with van der Waals surface area (Å²) in [6.07, 6.45) is 5.74. The largest absolute Gasteiger partial charge is 0.347 e. The number of hydrogen-bond donors (Lipinski definition) is 1. The Morgan fingerprint density at radius 3 is 2.77 bits per heavy atom. The van der Waals surface area contributed by atoms with E-state index in [2.05, 4.69) is 56.9 Å². The molecule has 5 heteroatoms. The van der Waals surface area contributed by atoms with E-state index in [1.165, 1.54) is 29.5 Å². The number of imidazole rings is 1. The molecule has 2 aromatic heterocycles. The van der Waals surface area contributed by atoms with Crippen molar-refractivity contribution in [3.8, 4) is 0 Å². The van der Waals surface area contributed by atoms with Crippen LogP contribution < -0.4 is 4.90 Å². The number of H-pyrrole nitrogens is 1. The van der Waals surface area contributed by atoms with Gasteiger partial charge in [0.1, 0.15) is 11.8 Å². The number of aromatic nitrogens is 4. The molecule has 1 aliphatic rings. The third-order valence-electron chi connectivity index (χ3n) is 4.39. The Bertz CT molecular complexity index is 819. The lowest BCUT2D eigenvalue weighted by Crippen LogP contribution is -2.26. The first kappa shape index (κ1) is 13.2. The molecule has 4 rings (SSSR count). The highest BCUT2D eigenvalue weighted by molar-refractivity contribution is 5.83. The fourth-order valence-corrected chi connectivity index (χ4v) is 2.83. The van der Waals surface area contributed by atoms with Gasteiger partial charge in [-0.05, 0) is 43.4 Å². The number of rotatable bonds is 4. The molecular weight excluding hydrogens is 274 g/mol. The third kappa shape index (κ3) is 2.32. The summed E-state index contributed by atoms with van der Waals surface area (Å²) >= 11 is 0. The Balaban J connectivity index is 1.72. The topological polar surface area (TPSA) is 57.7 Å². The van der Waals surface area contributed by atoms with Gasteiger partial charge in [0.05, 0.1) is 6.33 Å². The molecule has 0 atom stereocenters. The van der Waals surface area contributed by atoms with Gasteiger partial charge in [0, 0.05) is 12.6 Å². The molecule has 0 spiro atoms. The van der Waals surface area contributed by atoms with Gasteiger partial charge in [0.15, 0.2) is 11.5 Å². The minimum absolute atomic E-state index is 0.572. The van der Waals surface area contributed by atoms with Crippen molar-refractivity contribution in [2.75, 3.05) is 4.90 Å². The van der Waals surface area contributed by atoms with Gasteiger partial charge in [-0.15, -0.1) is 0 Å². The van der Waals surface area contributed by atoms with Crippen LogP contribution in [0.5, 0.6) is 0 Å². The molecule has 22 heavy (non-hydrogen) atoms. The Labute approximate surface area is 129 Å². The highest BCUT2D eigenvalue weighted by atomic mass is 15.3. The number of aryl methyl sites for hydroxylation is 2. The van der Waals surface area contributed by atoms with Crippen LogP contribution in [-0.4, -0.2) is 26.0 Å². The summed E-state index contributed by atoms with van der Waals surface area (Å²) in [5.41, 5.74) is 5.65. The van der Waals surface area contributed by atoms with Gasteiger partial charge in [0.2, 0.25) is 0 Å². The molecule has 1 saturated carbocycles. The van der Waals surface area contributed by atoms with E-state index in [4.69, 9.17) is 0 Å². The molecule has 1 fully saturated rings. The summed E-state index contributed by atoms with van der Waals surface area (Å²) in [5, 5.41) is 0. The van der Waals surface area contributed by atoms with Gasteiger partial charge in [-0.25, -0.2) is 15.0 Å².